The molecule has 1 aliphatic heterocycles. The van der Waals surface area contributed by atoms with Gasteiger partial charge in [0.05, 0.1) is 17.1 Å². The monoisotopic (exact) mass is 288 g/mol. The summed E-state index contributed by atoms with van der Waals surface area (Å²) in [5, 5.41) is 2.94. The van der Waals surface area contributed by atoms with E-state index < -0.39 is 9.84 Å². The van der Waals surface area contributed by atoms with Crippen LogP contribution in [-0.4, -0.2) is 36.9 Å². The summed E-state index contributed by atoms with van der Waals surface area (Å²) in [7, 11) is -2.91. The number of sulfone groups is 1. The summed E-state index contributed by atoms with van der Waals surface area (Å²) in [5.41, 5.74) is 0.313. The van der Waals surface area contributed by atoms with E-state index in [9.17, 15) is 13.2 Å². The Morgan fingerprint density at radius 3 is 2.67 bits per heavy atom. The first-order valence-electron chi connectivity index (χ1n) is 5.60. The van der Waals surface area contributed by atoms with Crippen LogP contribution >= 0.6 is 11.6 Å². The van der Waals surface area contributed by atoms with Gasteiger partial charge in [-0.25, -0.2) is 13.4 Å². The molecular formula is C11H13ClN2O3S. The fraction of sp³-hybridized carbons (Fsp3) is 0.455. The van der Waals surface area contributed by atoms with Gasteiger partial charge in [0.15, 0.2) is 0 Å². The first kappa shape index (κ1) is 13.3. The Labute approximate surface area is 110 Å². The lowest BCUT2D eigenvalue weighted by Crippen LogP contribution is -2.40. The molecule has 0 saturated carbocycles. The van der Waals surface area contributed by atoms with E-state index in [2.05, 4.69) is 10.3 Å². The van der Waals surface area contributed by atoms with Gasteiger partial charge in [-0.05, 0) is 25.0 Å². The van der Waals surface area contributed by atoms with Crippen molar-refractivity contribution in [2.45, 2.75) is 18.9 Å². The lowest BCUT2D eigenvalue weighted by Gasteiger charge is -2.23. The van der Waals surface area contributed by atoms with Crippen molar-refractivity contribution >= 4 is 27.3 Å². The Kier molecular flexibility index (Phi) is 3.87. The summed E-state index contributed by atoms with van der Waals surface area (Å²) >= 11 is 5.81. The molecule has 7 heteroatoms. The topological polar surface area (TPSA) is 76.1 Å². The lowest BCUT2D eigenvalue weighted by atomic mass is 10.1. The summed E-state index contributed by atoms with van der Waals surface area (Å²) in [5.74, 6) is -0.0605. The van der Waals surface area contributed by atoms with Crippen LogP contribution in [0, 0.1) is 0 Å². The van der Waals surface area contributed by atoms with Gasteiger partial charge < -0.3 is 5.32 Å². The molecule has 0 aliphatic carbocycles. The number of halogens is 1. The molecule has 1 aliphatic rings. The number of hydrogen-bond acceptors (Lipinski definition) is 4. The van der Waals surface area contributed by atoms with Crippen molar-refractivity contribution in [3.05, 3.63) is 29.0 Å². The third kappa shape index (κ3) is 3.20. The molecule has 2 heterocycles. The van der Waals surface area contributed by atoms with Gasteiger partial charge in [-0.2, -0.15) is 0 Å². The highest BCUT2D eigenvalue weighted by molar-refractivity contribution is 7.91. The first-order chi connectivity index (χ1) is 8.48. The number of aromatic nitrogens is 1. The zero-order valence-electron chi connectivity index (χ0n) is 9.60. The number of nitrogens with zero attached hydrogens (tertiary/aromatic N) is 1. The van der Waals surface area contributed by atoms with Gasteiger partial charge in [0.2, 0.25) is 0 Å². The minimum atomic E-state index is -2.91. The fourth-order valence-electron chi connectivity index (χ4n) is 1.85. The molecule has 0 aromatic carbocycles. The van der Waals surface area contributed by atoms with Crippen molar-refractivity contribution < 1.29 is 13.2 Å². The third-order valence-corrected chi connectivity index (χ3v) is 4.91. The molecule has 98 valence electrons. The maximum absolute atomic E-state index is 11.9. The molecule has 0 radical (unpaired) electrons. The molecule has 0 spiro atoms. The molecule has 0 bridgehead atoms. The quantitative estimate of drug-likeness (QED) is 0.825. The standard InChI is InChI=1S/C11H13ClN2O3S/c12-10-9(2-1-5-13-10)11(15)14-8-3-6-18(16,17)7-4-8/h1-2,5,8H,3-4,6-7H2,(H,14,15). The molecule has 18 heavy (non-hydrogen) atoms. The van der Waals surface area contributed by atoms with Gasteiger partial charge in [-0.3, -0.25) is 4.79 Å². The summed E-state index contributed by atoms with van der Waals surface area (Å²) in [4.78, 5) is 15.7. The van der Waals surface area contributed by atoms with Crippen molar-refractivity contribution in [3.8, 4) is 0 Å². The number of pyridine rings is 1. The summed E-state index contributed by atoms with van der Waals surface area (Å²) in [6.07, 6.45) is 2.41. The number of carbonyl (C=O) groups excluding carboxylic acids is 1. The Morgan fingerprint density at radius 1 is 1.39 bits per heavy atom. The molecular weight excluding hydrogens is 276 g/mol. The lowest BCUT2D eigenvalue weighted by molar-refractivity contribution is 0.0934. The molecule has 1 aromatic rings. The molecule has 5 nitrogen and oxygen atoms in total. The average molecular weight is 289 g/mol. The largest absolute Gasteiger partial charge is 0.349 e. The predicted octanol–water partition coefficient (Wildman–Crippen LogP) is 1.04. The number of rotatable bonds is 2. The zero-order chi connectivity index (χ0) is 13.2. The smallest absolute Gasteiger partial charge is 0.254 e. The van der Waals surface area contributed by atoms with Gasteiger partial charge in [0.25, 0.3) is 5.91 Å². The number of nitrogens with one attached hydrogen (secondary N) is 1. The van der Waals surface area contributed by atoms with Crippen LogP contribution in [0.15, 0.2) is 18.3 Å². The second-order valence-corrected chi connectivity index (χ2v) is 6.90. The van der Waals surface area contributed by atoms with Gasteiger partial charge in [-0.15, -0.1) is 0 Å². The van der Waals surface area contributed by atoms with E-state index in [4.69, 9.17) is 11.6 Å². The highest BCUT2D eigenvalue weighted by atomic mass is 35.5. The number of hydrogen-bond donors (Lipinski definition) is 1. The Bertz CT molecular complexity index is 545. The van der Waals surface area contributed by atoms with Crippen molar-refractivity contribution in [1.29, 1.82) is 0 Å². The SMILES string of the molecule is O=C(NC1CCS(=O)(=O)CC1)c1cccnc1Cl. The van der Waals surface area contributed by atoms with Crippen molar-refractivity contribution in [2.75, 3.05) is 11.5 Å². The van der Waals surface area contributed by atoms with Gasteiger partial charge in [0.1, 0.15) is 15.0 Å². The van der Waals surface area contributed by atoms with E-state index in [0.29, 0.717) is 18.4 Å². The van der Waals surface area contributed by atoms with Crippen molar-refractivity contribution in [1.82, 2.24) is 10.3 Å². The summed E-state index contributed by atoms with van der Waals surface area (Å²) in [6, 6.07) is 3.10. The normalized spacial score (nSPS) is 19.4. The Morgan fingerprint density at radius 2 is 2.06 bits per heavy atom. The Hall–Kier alpha value is -1.14. The molecule has 1 aromatic heterocycles. The Balaban J connectivity index is 1.99. The first-order valence-corrected chi connectivity index (χ1v) is 7.80. The van der Waals surface area contributed by atoms with Crippen LogP contribution in [0.5, 0.6) is 0 Å². The van der Waals surface area contributed by atoms with E-state index in [1.807, 2.05) is 0 Å². The number of carbonyl (C=O) groups is 1. The fourth-order valence-corrected chi connectivity index (χ4v) is 3.55. The van der Waals surface area contributed by atoms with E-state index in [1.54, 1.807) is 12.1 Å². The van der Waals surface area contributed by atoms with E-state index in [1.165, 1.54) is 6.20 Å². The molecule has 1 fully saturated rings. The second-order valence-electron chi connectivity index (χ2n) is 4.24. The van der Waals surface area contributed by atoms with Crippen LogP contribution in [0.1, 0.15) is 23.2 Å². The second kappa shape index (κ2) is 5.24. The molecule has 2 rings (SSSR count). The van der Waals surface area contributed by atoms with Gasteiger partial charge in [-0.1, -0.05) is 11.6 Å². The highest BCUT2D eigenvalue weighted by Crippen LogP contribution is 2.15. The van der Waals surface area contributed by atoms with Crippen LogP contribution in [0.25, 0.3) is 0 Å². The minimum Gasteiger partial charge on any atom is -0.349 e. The van der Waals surface area contributed by atoms with Crippen LogP contribution in [0.2, 0.25) is 5.15 Å². The third-order valence-electron chi connectivity index (χ3n) is 2.89. The molecule has 1 saturated heterocycles. The molecule has 1 N–H and O–H groups in total. The zero-order valence-corrected chi connectivity index (χ0v) is 11.2. The van der Waals surface area contributed by atoms with E-state index >= 15 is 0 Å². The predicted molar refractivity (Wildman–Crippen MR) is 68.4 cm³/mol. The molecule has 0 unspecified atom stereocenters. The minimum absolute atomic E-state index is 0.114. The maximum Gasteiger partial charge on any atom is 0.254 e. The summed E-state index contributed by atoms with van der Waals surface area (Å²) in [6.45, 7) is 0. The van der Waals surface area contributed by atoms with Gasteiger partial charge in [0, 0.05) is 12.2 Å². The maximum atomic E-state index is 11.9. The van der Waals surface area contributed by atoms with Crippen LogP contribution in [-0.2, 0) is 9.84 Å². The highest BCUT2D eigenvalue weighted by Gasteiger charge is 2.25. The van der Waals surface area contributed by atoms with Crippen LogP contribution in [0.4, 0.5) is 0 Å². The number of amides is 1. The summed E-state index contributed by atoms with van der Waals surface area (Å²) < 4.78 is 22.5. The van der Waals surface area contributed by atoms with Crippen LogP contribution in [0.3, 0.4) is 0 Å². The van der Waals surface area contributed by atoms with Gasteiger partial charge >= 0.3 is 0 Å². The average Bonchev–Trinajstić information content (AvgIpc) is 2.32. The molecule has 0 atom stereocenters. The van der Waals surface area contributed by atoms with E-state index in [0.717, 1.165) is 0 Å². The molecule has 1 amide bonds. The van der Waals surface area contributed by atoms with Crippen LogP contribution < -0.4 is 5.32 Å². The van der Waals surface area contributed by atoms with Crippen molar-refractivity contribution in [3.63, 3.8) is 0 Å². The van der Waals surface area contributed by atoms with E-state index in [-0.39, 0.29) is 28.6 Å². The van der Waals surface area contributed by atoms with Crippen molar-refractivity contribution in [2.24, 2.45) is 0 Å².